The molecule has 0 unspecified atom stereocenters. The fourth-order valence-corrected chi connectivity index (χ4v) is 5.18. The average Bonchev–Trinajstić information content (AvgIpc) is 3.53. The molecular formula is C27H23ClN4OS. The van der Waals surface area contributed by atoms with Crippen LogP contribution < -0.4 is 4.90 Å². The molecule has 0 saturated heterocycles. The van der Waals surface area contributed by atoms with E-state index in [4.69, 9.17) is 16.6 Å². The number of carbonyl (C=O) groups excluding carboxylic acids is 1. The summed E-state index contributed by atoms with van der Waals surface area (Å²) < 4.78 is 2.98. The number of hydrogen-bond donors (Lipinski definition) is 0. The van der Waals surface area contributed by atoms with Crippen molar-refractivity contribution in [2.75, 3.05) is 11.4 Å². The van der Waals surface area contributed by atoms with E-state index in [0.29, 0.717) is 22.3 Å². The van der Waals surface area contributed by atoms with Gasteiger partial charge in [0.1, 0.15) is 5.52 Å². The van der Waals surface area contributed by atoms with Crippen LogP contribution in [0.25, 0.3) is 10.2 Å². The van der Waals surface area contributed by atoms with E-state index in [9.17, 15) is 4.79 Å². The summed E-state index contributed by atoms with van der Waals surface area (Å²) in [7, 11) is 0. The van der Waals surface area contributed by atoms with Gasteiger partial charge in [-0.1, -0.05) is 71.5 Å². The van der Waals surface area contributed by atoms with Crippen LogP contribution in [0.5, 0.6) is 0 Å². The number of amides is 1. The molecule has 170 valence electrons. The van der Waals surface area contributed by atoms with Crippen LogP contribution in [-0.2, 0) is 13.0 Å². The van der Waals surface area contributed by atoms with E-state index in [1.807, 2.05) is 71.4 Å². The van der Waals surface area contributed by atoms with Crippen LogP contribution in [0.4, 0.5) is 5.13 Å². The number of imidazole rings is 1. The van der Waals surface area contributed by atoms with Gasteiger partial charge in [0.25, 0.3) is 5.91 Å². The molecule has 2 heterocycles. The highest BCUT2D eigenvalue weighted by molar-refractivity contribution is 7.22. The van der Waals surface area contributed by atoms with Crippen LogP contribution in [-0.4, -0.2) is 27.0 Å². The van der Waals surface area contributed by atoms with E-state index in [0.717, 1.165) is 29.6 Å². The molecule has 3 aromatic carbocycles. The smallest absolute Gasteiger partial charge is 0.260 e. The third-order valence-corrected chi connectivity index (χ3v) is 6.99. The molecule has 0 N–H and O–H groups in total. The van der Waals surface area contributed by atoms with E-state index in [1.165, 1.54) is 22.5 Å². The maximum absolute atomic E-state index is 13.6. The molecule has 1 amide bonds. The van der Waals surface area contributed by atoms with E-state index in [2.05, 4.69) is 17.1 Å². The molecule has 5 nitrogen and oxygen atoms in total. The minimum Gasteiger partial charge on any atom is -0.337 e. The Bertz CT molecular complexity index is 1380. The van der Waals surface area contributed by atoms with Gasteiger partial charge in [0.2, 0.25) is 0 Å². The molecule has 0 saturated carbocycles. The fraction of sp³-hybridized carbons (Fsp3) is 0.148. The number of nitrogens with zero attached hydrogens (tertiary/aromatic N) is 4. The first-order valence-electron chi connectivity index (χ1n) is 11.1. The molecule has 7 heteroatoms. The highest BCUT2D eigenvalue weighted by Gasteiger charge is 2.22. The highest BCUT2D eigenvalue weighted by atomic mass is 35.5. The fourth-order valence-electron chi connectivity index (χ4n) is 3.89. The molecule has 0 fully saturated rings. The molecular weight excluding hydrogens is 464 g/mol. The van der Waals surface area contributed by atoms with Crippen molar-refractivity contribution >= 4 is 44.2 Å². The molecule has 0 aliphatic rings. The zero-order valence-electron chi connectivity index (χ0n) is 18.5. The van der Waals surface area contributed by atoms with Gasteiger partial charge < -0.3 is 4.57 Å². The molecule has 34 heavy (non-hydrogen) atoms. The summed E-state index contributed by atoms with van der Waals surface area (Å²) >= 11 is 7.84. The van der Waals surface area contributed by atoms with Gasteiger partial charge in [0.05, 0.1) is 16.0 Å². The van der Waals surface area contributed by atoms with Gasteiger partial charge in [-0.2, -0.15) is 0 Å². The molecule has 0 aliphatic heterocycles. The van der Waals surface area contributed by atoms with Crippen molar-refractivity contribution in [2.45, 2.75) is 19.4 Å². The summed E-state index contributed by atoms with van der Waals surface area (Å²) in [6.07, 6.45) is 7.08. The van der Waals surface area contributed by atoms with Crippen molar-refractivity contribution in [1.82, 2.24) is 14.5 Å². The number of thiazole rings is 1. The van der Waals surface area contributed by atoms with Crippen molar-refractivity contribution in [1.29, 1.82) is 0 Å². The van der Waals surface area contributed by atoms with Gasteiger partial charge in [0, 0.05) is 31.0 Å². The Labute approximate surface area is 207 Å². The van der Waals surface area contributed by atoms with Gasteiger partial charge in [-0.05, 0) is 48.2 Å². The van der Waals surface area contributed by atoms with E-state index >= 15 is 0 Å². The molecule has 0 atom stereocenters. The van der Waals surface area contributed by atoms with Crippen LogP contribution in [0.3, 0.4) is 0 Å². The normalized spacial score (nSPS) is 11.1. The van der Waals surface area contributed by atoms with Crippen molar-refractivity contribution in [3.05, 3.63) is 113 Å². The number of aryl methyl sites for hydroxylation is 1. The minimum atomic E-state index is -0.0629. The monoisotopic (exact) mass is 486 g/mol. The zero-order valence-corrected chi connectivity index (χ0v) is 20.0. The van der Waals surface area contributed by atoms with Gasteiger partial charge >= 0.3 is 0 Å². The summed E-state index contributed by atoms with van der Waals surface area (Å²) in [5.41, 5.74) is 3.79. The topological polar surface area (TPSA) is 51.0 Å². The van der Waals surface area contributed by atoms with Crippen LogP contribution in [0.15, 0.2) is 91.5 Å². The number of halogens is 1. The first-order chi connectivity index (χ1) is 16.7. The molecule has 2 aromatic heterocycles. The number of rotatable bonds is 8. The van der Waals surface area contributed by atoms with Crippen LogP contribution >= 0.6 is 22.9 Å². The summed E-state index contributed by atoms with van der Waals surface area (Å²) in [5.74, 6) is -0.0629. The highest BCUT2D eigenvalue weighted by Crippen LogP contribution is 2.33. The Morgan fingerprint density at radius 3 is 2.50 bits per heavy atom. The van der Waals surface area contributed by atoms with Crippen molar-refractivity contribution in [3.8, 4) is 0 Å². The average molecular weight is 487 g/mol. The van der Waals surface area contributed by atoms with Crippen molar-refractivity contribution in [2.24, 2.45) is 0 Å². The third-order valence-electron chi connectivity index (χ3n) is 5.64. The number of para-hydroxylation sites is 1. The molecule has 0 radical (unpaired) electrons. The van der Waals surface area contributed by atoms with Gasteiger partial charge in [-0.15, -0.1) is 0 Å². The first kappa shape index (κ1) is 22.3. The molecule has 0 bridgehead atoms. The summed E-state index contributed by atoms with van der Waals surface area (Å²) in [6, 6.07) is 23.9. The lowest BCUT2D eigenvalue weighted by Gasteiger charge is -2.20. The van der Waals surface area contributed by atoms with E-state index in [-0.39, 0.29) is 5.91 Å². The molecule has 0 aliphatic carbocycles. The van der Waals surface area contributed by atoms with Gasteiger partial charge in [0.15, 0.2) is 5.13 Å². The van der Waals surface area contributed by atoms with E-state index < -0.39 is 0 Å². The Kier molecular flexibility index (Phi) is 6.70. The third kappa shape index (κ3) is 5.03. The number of hydrogen-bond acceptors (Lipinski definition) is 4. The lowest BCUT2D eigenvalue weighted by atomic mass is 10.0. The van der Waals surface area contributed by atoms with Crippen molar-refractivity contribution in [3.63, 3.8) is 0 Å². The quantitative estimate of drug-likeness (QED) is 0.252. The maximum atomic E-state index is 13.6. The zero-order chi connectivity index (χ0) is 23.3. The number of fused-ring (bicyclic) bond motifs is 1. The lowest BCUT2D eigenvalue weighted by molar-refractivity contribution is 0.0986. The SMILES string of the molecule is O=C(c1ccc(Cc2ccccc2)cc1)N(CCCn1ccnc1)c1nc2c(Cl)cccc2s1. The molecule has 0 spiro atoms. The number of anilines is 1. The maximum Gasteiger partial charge on any atom is 0.260 e. The summed E-state index contributed by atoms with van der Waals surface area (Å²) in [5, 5.41) is 1.25. The second-order valence-electron chi connectivity index (χ2n) is 8.05. The first-order valence-corrected chi connectivity index (χ1v) is 12.3. The molecule has 5 rings (SSSR count). The van der Waals surface area contributed by atoms with Crippen LogP contribution in [0, 0.1) is 0 Å². The Hall–Kier alpha value is -3.48. The second-order valence-corrected chi connectivity index (χ2v) is 9.47. The van der Waals surface area contributed by atoms with Crippen LogP contribution in [0.1, 0.15) is 27.9 Å². The van der Waals surface area contributed by atoms with Gasteiger partial charge in [-0.25, -0.2) is 9.97 Å². The number of benzene rings is 3. The van der Waals surface area contributed by atoms with E-state index in [1.54, 1.807) is 17.4 Å². The predicted molar refractivity (Wildman–Crippen MR) is 139 cm³/mol. The Morgan fingerprint density at radius 1 is 0.971 bits per heavy atom. The van der Waals surface area contributed by atoms with Gasteiger partial charge in [-0.3, -0.25) is 9.69 Å². The number of carbonyl (C=O) groups is 1. The lowest BCUT2D eigenvalue weighted by Crippen LogP contribution is -2.32. The predicted octanol–water partition coefficient (Wildman–Crippen LogP) is 6.47. The largest absolute Gasteiger partial charge is 0.337 e. The summed E-state index contributed by atoms with van der Waals surface area (Å²) in [4.78, 5) is 24.2. The summed E-state index contributed by atoms with van der Waals surface area (Å²) in [6.45, 7) is 1.31. The Morgan fingerprint density at radius 2 is 1.76 bits per heavy atom. The Balaban J connectivity index is 1.39. The minimum absolute atomic E-state index is 0.0629. The molecule has 5 aromatic rings. The van der Waals surface area contributed by atoms with Crippen molar-refractivity contribution < 1.29 is 4.79 Å². The standard InChI is InChI=1S/C27H23ClN4OS/c28-23-8-4-9-24-25(23)30-27(34-24)32(16-5-15-31-17-14-29-19-31)26(33)22-12-10-21(11-13-22)18-20-6-2-1-3-7-20/h1-4,6-14,17,19H,5,15-16,18H2. The second kappa shape index (κ2) is 10.2. The van der Waals surface area contributed by atoms with Crippen LogP contribution in [0.2, 0.25) is 5.02 Å². The number of aromatic nitrogens is 3.